The summed E-state index contributed by atoms with van der Waals surface area (Å²) in [7, 11) is 0. The highest BCUT2D eigenvalue weighted by atomic mass is 16.8. The highest BCUT2D eigenvalue weighted by Crippen LogP contribution is 2.39. The van der Waals surface area contributed by atoms with Crippen LogP contribution >= 0.6 is 0 Å². The fourth-order valence-corrected chi connectivity index (χ4v) is 3.18. The molecular weight excluding hydrogens is 316 g/mol. The molecule has 0 aliphatic carbocycles. The molecule has 0 amide bonds. The Labute approximate surface area is 143 Å². The van der Waals surface area contributed by atoms with Crippen molar-refractivity contribution >= 4 is 0 Å². The van der Waals surface area contributed by atoms with Gasteiger partial charge in [0, 0.05) is 12.8 Å². The summed E-state index contributed by atoms with van der Waals surface area (Å²) in [5, 5.41) is 30.5. The van der Waals surface area contributed by atoms with Crippen LogP contribution in [0, 0.1) is 0 Å². The average Bonchev–Trinajstić information content (AvgIpc) is 3.23. The van der Waals surface area contributed by atoms with Gasteiger partial charge in [0.25, 0.3) is 0 Å². The van der Waals surface area contributed by atoms with Crippen LogP contribution in [-0.2, 0) is 18.9 Å². The molecule has 0 radical (unpaired) electrons. The molecule has 7 heteroatoms. The Balaban J connectivity index is 2.19. The summed E-state index contributed by atoms with van der Waals surface area (Å²) >= 11 is 0. The quantitative estimate of drug-likeness (QED) is 0.606. The molecule has 0 bridgehead atoms. The Hall–Kier alpha value is -0.860. The van der Waals surface area contributed by atoms with E-state index in [0.29, 0.717) is 25.7 Å². The van der Waals surface area contributed by atoms with Gasteiger partial charge in [-0.2, -0.15) is 0 Å². The molecule has 3 unspecified atom stereocenters. The summed E-state index contributed by atoms with van der Waals surface area (Å²) in [6.07, 6.45) is -0.380. The predicted octanol–water partition coefficient (Wildman–Crippen LogP) is 1.97. The van der Waals surface area contributed by atoms with Crippen molar-refractivity contribution in [2.24, 2.45) is 0 Å². The maximum absolute atomic E-state index is 10.5. The molecule has 7 nitrogen and oxygen atoms in total. The Morgan fingerprint density at radius 2 is 1.67 bits per heavy atom. The third-order valence-corrected chi connectivity index (χ3v) is 5.03. The Morgan fingerprint density at radius 1 is 1.08 bits per heavy atom. The molecule has 140 valence electrons. The van der Waals surface area contributed by atoms with Crippen molar-refractivity contribution in [1.29, 1.82) is 0 Å². The minimum Gasteiger partial charge on any atom is -0.506 e. The van der Waals surface area contributed by atoms with E-state index in [1.54, 1.807) is 0 Å². The molecule has 0 aromatic carbocycles. The van der Waals surface area contributed by atoms with E-state index in [1.165, 1.54) is 0 Å². The smallest absolute Gasteiger partial charge is 0.210 e. The molecule has 2 fully saturated rings. The molecule has 2 saturated heterocycles. The maximum Gasteiger partial charge on any atom is 0.210 e. The summed E-state index contributed by atoms with van der Waals surface area (Å²) in [5.74, 6) is -1.91. The van der Waals surface area contributed by atoms with Gasteiger partial charge in [0.15, 0.2) is 17.3 Å². The van der Waals surface area contributed by atoms with Crippen LogP contribution in [0.25, 0.3) is 0 Å². The van der Waals surface area contributed by atoms with Crippen LogP contribution in [0.15, 0.2) is 11.5 Å². The Bertz CT molecular complexity index is 454. The standard InChI is InChI=1S/C17H30O7/c1-5-16(6-2)21-10-12(23-16)13(19)14(20)15-11(9-18)22-17(7-3,8-4)24-15/h11-13,18-20H,5-10H2,1-4H3/b15-14+. The lowest BCUT2D eigenvalue weighted by atomic mass is 10.1. The van der Waals surface area contributed by atoms with Gasteiger partial charge >= 0.3 is 0 Å². The number of aliphatic hydroxyl groups is 3. The van der Waals surface area contributed by atoms with E-state index in [0.717, 1.165) is 0 Å². The first-order valence-electron chi connectivity index (χ1n) is 8.80. The molecule has 24 heavy (non-hydrogen) atoms. The van der Waals surface area contributed by atoms with Crippen molar-refractivity contribution in [2.75, 3.05) is 13.2 Å². The molecule has 2 heterocycles. The minimum absolute atomic E-state index is 0.0720. The fourth-order valence-electron chi connectivity index (χ4n) is 3.18. The minimum atomic E-state index is -1.30. The lowest BCUT2D eigenvalue weighted by Gasteiger charge is -2.26. The van der Waals surface area contributed by atoms with Gasteiger partial charge in [0.05, 0.1) is 13.2 Å². The van der Waals surface area contributed by atoms with Gasteiger partial charge < -0.3 is 34.3 Å². The van der Waals surface area contributed by atoms with Gasteiger partial charge in [0.2, 0.25) is 5.79 Å². The summed E-state index contributed by atoms with van der Waals surface area (Å²) in [6, 6.07) is 0. The lowest BCUT2D eigenvalue weighted by Crippen LogP contribution is -2.35. The van der Waals surface area contributed by atoms with Crippen LogP contribution in [0.1, 0.15) is 53.4 Å². The lowest BCUT2D eigenvalue weighted by molar-refractivity contribution is -0.181. The van der Waals surface area contributed by atoms with Crippen LogP contribution in [0.4, 0.5) is 0 Å². The van der Waals surface area contributed by atoms with E-state index in [4.69, 9.17) is 18.9 Å². The first-order valence-corrected chi connectivity index (χ1v) is 8.80. The van der Waals surface area contributed by atoms with Crippen LogP contribution in [0.5, 0.6) is 0 Å². The molecule has 3 N–H and O–H groups in total. The van der Waals surface area contributed by atoms with Crippen molar-refractivity contribution in [3.63, 3.8) is 0 Å². The molecule has 0 saturated carbocycles. The summed E-state index contributed by atoms with van der Waals surface area (Å²) in [6.45, 7) is 7.53. The predicted molar refractivity (Wildman–Crippen MR) is 86.2 cm³/mol. The zero-order valence-corrected chi connectivity index (χ0v) is 14.9. The normalized spacial score (nSPS) is 31.8. The van der Waals surface area contributed by atoms with Gasteiger partial charge in [0.1, 0.15) is 18.3 Å². The van der Waals surface area contributed by atoms with Crippen molar-refractivity contribution in [3.8, 4) is 0 Å². The topological polar surface area (TPSA) is 97.6 Å². The zero-order chi connectivity index (χ0) is 18.0. The molecule has 2 aliphatic heterocycles. The third kappa shape index (κ3) is 3.41. The molecule has 2 rings (SSSR count). The largest absolute Gasteiger partial charge is 0.506 e. The van der Waals surface area contributed by atoms with E-state index in [9.17, 15) is 15.3 Å². The van der Waals surface area contributed by atoms with E-state index < -0.39 is 29.9 Å². The molecule has 0 aromatic heterocycles. The Morgan fingerprint density at radius 3 is 2.12 bits per heavy atom. The monoisotopic (exact) mass is 346 g/mol. The molecule has 2 aliphatic rings. The van der Waals surface area contributed by atoms with Gasteiger partial charge in [-0.3, -0.25) is 0 Å². The van der Waals surface area contributed by atoms with E-state index >= 15 is 0 Å². The number of ether oxygens (including phenoxy) is 4. The first-order chi connectivity index (χ1) is 11.4. The van der Waals surface area contributed by atoms with Gasteiger partial charge in [-0.05, 0) is 12.8 Å². The van der Waals surface area contributed by atoms with Crippen molar-refractivity contribution in [2.45, 2.75) is 83.3 Å². The average molecular weight is 346 g/mol. The van der Waals surface area contributed by atoms with Crippen LogP contribution in [0.3, 0.4) is 0 Å². The maximum atomic E-state index is 10.5. The van der Waals surface area contributed by atoms with Gasteiger partial charge in [-0.1, -0.05) is 27.7 Å². The van der Waals surface area contributed by atoms with Crippen molar-refractivity contribution < 1.29 is 34.3 Å². The highest BCUT2D eigenvalue weighted by Gasteiger charge is 2.48. The highest BCUT2D eigenvalue weighted by molar-refractivity contribution is 5.16. The van der Waals surface area contributed by atoms with Crippen molar-refractivity contribution in [3.05, 3.63) is 11.5 Å². The van der Waals surface area contributed by atoms with Gasteiger partial charge in [-0.25, -0.2) is 0 Å². The Kier molecular flexibility index (Phi) is 6.14. The number of rotatable bonds is 7. The van der Waals surface area contributed by atoms with Crippen molar-refractivity contribution in [1.82, 2.24) is 0 Å². The molecule has 0 aromatic rings. The SMILES string of the molecule is CCC1(CC)O/C(=C(/O)C(O)C2COC(CC)(CC)O2)C(CO)O1. The van der Waals surface area contributed by atoms with E-state index in [1.807, 2.05) is 27.7 Å². The third-order valence-electron chi connectivity index (χ3n) is 5.03. The number of aliphatic hydroxyl groups excluding tert-OH is 3. The van der Waals surface area contributed by atoms with Crippen LogP contribution in [-0.4, -0.2) is 58.4 Å². The second kappa shape index (κ2) is 7.58. The van der Waals surface area contributed by atoms with E-state index in [-0.39, 0.29) is 24.7 Å². The molecule has 3 atom stereocenters. The second-order valence-electron chi connectivity index (χ2n) is 6.29. The fraction of sp³-hybridized carbons (Fsp3) is 0.882. The number of hydrogen-bond donors (Lipinski definition) is 3. The van der Waals surface area contributed by atoms with Crippen LogP contribution in [0.2, 0.25) is 0 Å². The summed E-state index contributed by atoms with van der Waals surface area (Å²) in [4.78, 5) is 0. The molecular formula is C17H30O7. The van der Waals surface area contributed by atoms with Crippen LogP contribution < -0.4 is 0 Å². The summed E-state index contributed by atoms with van der Waals surface area (Å²) in [5.41, 5.74) is 0. The van der Waals surface area contributed by atoms with E-state index in [2.05, 4.69) is 0 Å². The second-order valence-corrected chi connectivity index (χ2v) is 6.29. The zero-order valence-electron chi connectivity index (χ0n) is 14.9. The molecule has 0 spiro atoms. The van der Waals surface area contributed by atoms with Gasteiger partial charge in [-0.15, -0.1) is 0 Å². The first kappa shape index (κ1) is 19.5. The summed E-state index contributed by atoms with van der Waals surface area (Å²) < 4.78 is 23.1. The number of hydrogen-bond acceptors (Lipinski definition) is 7.